The number of hydrogen-bond acceptors (Lipinski definition) is 3. The Morgan fingerprint density at radius 2 is 2.00 bits per heavy atom. The maximum absolute atomic E-state index is 11.9. The molecule has 1 saturated heterocycles. The molecule has 7 nitrogen and oxygen atoms in total. The van der Waals surface area contributed by atoms with Gasteiger partial charge in [0.15, 0.2) is 0 Å². The molecule has 0 bridgehead atoms. The molecule has 0 saturated carbocycles. The van der Waals surface area contributed by atoms with E-state index >= 15 is 0 Å². The van der Waals surface area contributed by atoms with Gasteiger partial charge in [-0.2, -0.15) is 0 Å². The number of hydrogen-bond donors (Lipinski definition) is 3. The van der Waals surface area contributed by atoms with Crippen molar-refractivity contribution in [2.24, 2.45) is 11.7 Å². The minimum absolute atomic E-state index is 0.166. The van der Waals surface area contributed by atoms with E-state index in [-0.39, 0.29) is 18.2 Å². The molecule has 0 aromatic carbocycles. The average molecular weight is 269 g/mol. The Morgan fingerprint density at radius 3 is 2.42 bits per heavy atom. The van der Waals surface area contributed by atoms with Crippen molar-refractivity contribution >= 4 is 17.9 Å². The van der Waals surface area contributed by atoms with E-state index in [2.05, 4.69) is 11.9 Å². The van der Waals surface area contributed by atoms with Crippen molar-refractivity contribution in [2.75, 3.05) is 13.1 Å². The lowest BCUT2D eigenvalue weighted by molar-refractivity contribution is -0.139. The third kappa shape index (κ3) is 4.27. The molecule has 1 rings (SSSR count). The number of piperidine rings is 1. The molecule has 0 radical (unpaired) electrons. The molecule has 7 heteroatoms. The molecule has 1 fully saturated rings. The van der Waals surface area contributed by atoms with Gasteiger partial charge in [-0.05, 0) is 19.3 Å². The van der Waals surface area contributed by atoms with E-state index < -0.39 is 18.0 Å². The molecular formula is C12H19N3O4. The Hall–Kier alpha value is -2.05. The van der Waals surface area contributed by atoms with E-state index in [4.69, 9.17) is 10.8 Å². The lowest BCUT2D eigenvalue weighted by Gasteiger charge is -2.31. The monoisotopic (exact) mass is 269 g/mol. The van der Waals surface area contributed by atoms with E-state index in [0.29, 0.717) is 25.9 Å². The Morgan fingerprint density at radius 1 is 1.42 bits per heavy atom. The zero-order valence-electron chi connectivity index (χ0n) is 10.7. The normalized spacial score (nSPS) is 17.6. The summed E-state index contributed by atoms with van der Waals surface area (Å²) in [6, 6.07) is -1.41. The first-order chi connectivity index (χ1) is 8.95. The van der Waals surface area contributed by atoms with Crippen molar-refractivity contribution in [3.8, 4) is 0 Å². The summed E-state index contributed by atoms with van der Waals surface area (Å²) in [4.78, 5) is 35.3. The minimum Gasteiger partial charge on any atom is -0.480 e. The summed E-state index contributed by atoms with van der Waals surface area (Å²) in [7, 11) is 0. The largest absolute Gasteiger partial charge is 0.480 e. The van der Waals surface area contributed by atoms with E-state index in [1.807, 2.05) is 0 Å². The summed E-state index contributed by atoms with van der Waals surface area (Å²) in [6.07, 6.45) is 2.64. The molecule has 1 unspecified atom stereocenters. The highest BCUT2D eigenvalue weighted by atomic mass is 16.4. The van der Waals surface area contributed by atoms with Gasteiger partial charge in [-0.1, -0.05) is 6.08 Å². The van der Waals surface area contributed by atoms with Crippen molar-refractivity contribution in [1.82, 2.24) is 10.2 Å². The first kappa shape index (κ1) is 15.0. The standard InChI is InChI=1S/C12H19N3O4/c1-2-3-9(11(17)18)14-12(19)15-6-4-8(5-7-15)10(13)16/h2,8-9H,1,3-7H2,(H2,13,16)(H,14,19)(H,17,18). The van der Waals surface area contributed by atoms with E-state index in [9.17, 15) is 14.4 Å². The van der Waals surface area contributed by atoms with Crippen LogP contribution in [-0.4, -0.2) is 47.0 Å². The van der Waals surface area contributed by atoms with Gasteiger partial charge in [-0.15, -0.1) is 6.58 Å². The van der Waals surface area contributed by atoms with Crippen molar-refractivity contribution in [2.45, 2.75) is 25.3 Å². The number of carboxylic acids is 1. The first-order valence-corrected chi connectivity index (χ1v) is 6.14. The second-order valence-corrected chi connectivity index (χ2v) is 4.53. The average Bonchev–Trinajstić information content (AvgIpc) is 2.38. The highest BCUT2D eigenvalue weighted by Crippen LogP contribution is 2.16. The van der Waals surface area contributed by atoms with Crippen LogP contribution in [-0.2, 0) is 9.59 Å². The number of urea groups is 1. The van der Waals surface area contributed by atoms with Gasteiger partial charge in [0.2, 0.25) is 5.91 Å². The number of carboxylic acid groups (broad SMARTS) is 1. The van der Waals surface area contributed by atoms with Gasteiger partial charge in [0, 0.05) is 19.0 Å². The van der Waals surface area contributed by atoms with Crippen LogP contribution in [0.1, 0.15) is 19.3 Å². The van der Waals surface area contributed by atoms with Crippen molar-refractivity contribution < 1.29 is 19.5 Å². The fourth-order valence-corrected chi connectivity index (χ4v) is 2.00. The quantitative estimate of drug-likeness (QED) is 0.606. The van der Waals surface area contributed by atoms with Crippen LogP contribution in [0.25, 0.3) is 0 Å². The molecule has 19 heavy (non-hydrogen) atoms. The maximum atomic E-state index is 11.9. The summed E-state index contributed by atoms with van der Waals surface area (Å²) in [5.41, 5.74) is 5.20. The molecule has 0 aliphatic carbocycles. The summed E-state index contributed by atoms with van der Waals surface area (Å²) in [5, 5.41) is 11.4. The maximum Gasteiger partial charge on any atom is 0.326 e. The summed E-state index contributed by atoms with van der Waals surface area (Å²) in [6.45, 7) is 4.26. The van der Waals surface area contributed by atoms with Crippen molar-refractivity contribution in [3.63, 3.8) is 0 Å². The molecular weight excluding hydrogens is 250 g/mol. The predicted molar refractivity (Wildman–Crippen MR) is 68.3 cm³/mol. The zero-order chi connectivity index (χ0) is 14.4. The number of carbonyl (C=O) groups is 3. The molecule has 1 heterocycles. The number of rotatable bonds is 5. The van der Waals surface area contributed by atoms with E-state index in [1.54, 1.807) is 0 Å². The third-order valence-corrected chi connectivity index (χ3v) is 3.18. The summed E-state index contributed by atoms with van der Waals surface area (Å²) >= 11 is 0. The third-order valence-electron chi connectivity index (χ3n) is 3.18. The molecule has 0 spiro atoms. The summed E-state index contributed by atoms with van der Waals surface area (Å²) < 4.78 is 0. The van der Waals surface area contributed by atoms with Crippen LogP contribution in [0.2, 0.25) is 0 Å². The fourth-order valence-electron chi connectivity index (χ4n) is 2.00. The first-order valence-electron chi connectivity index (χ1n) is 6.14. The molecule has 4 N–H and O–H groups in total. The Balaban J connectivity index is 2.48. The lowest BCUT2D eigenvalue weighted by Crippen LogP contribution is -2.50. The highest BCUT2D eigenvalue weighted by molar-refractivity contribution is 5.83. The second-order valence-electron chi connectivity index (χ2n) is 4.53. The number of aliphatic carboxylic acids is 1. The number of nitrogens with zero attached hydrogens (tertiary/aromatic N) is 1. The van der Waals surface area contributed by atoms with Crippen LogP contribution >= 0.6 is 0 Å². The second kappa shape index (κ2) is 6.77. The van der Waals surface area contributed by atoms with Crippen molar-refractivity contribution in [3.05, 3.63) is 12.7 Å². The molecule has 1 aliphatic heterocycles. The molecule has 3 amide bonds. The van der Waals surface area contributed by atoms with Crippen LogP contribution in [0.5, 0.6) is 0 Å². The SMILES string of the molecule is C=CCC(NC(=O)N1CCC(C(N)=O)CC1)C(=O)O. The molecule has 0 aromatic heterocycles. The molecule has 1 aliphatic rings. The molecule has 106 valence electrons. The van der Waals surface area contributed by atoms with Crippen LogP contribution < -0.4 is 11.1 Å². The molecule has 1 atom stereocenters. The van der Waals surface area contributed by atoms with Gasteiger partial charge < -0.3 is 21.1 Å². The smallest absolute Gasteiger partial charge is 0.326 e. The highest BCUT2D eigenvalue weighted by Gasteiger charge is 2.28. The van der Waals surface area contributed by atoms with Gasteiger partial charge >= 0.3 is 12.0 Å². The number of nitrogens with two attached hydrogens (primary N) is 1. The van der Waals surface area contributed by atoms with Gasteiger partial charge in [-0.25, -0.2) is 9.59 Å². The fraction of sp³-hybridized carbons (Fsp3) is 0.583. The topological polar surface area (TPSA) is 113 Å². The van der Waals surface area contributed by atoms with E-state index in [1.165, 1.54) is 11.0 Å². The van der Waals surface area contributed by atoms with Gasteiger partial charge in [0.25, 0.3) is 0 Å². The zero-order valence-corrected chi connectivity index (χ0v) is 10.7. The van der Waals surface area contributed by atoms with E-state index in [0.717, 1.165) is 0 Å². The summed E-state index contributed by atoms with van der Waals surface area (Å²) in [5.74, 6) is -1.65. The van der Waals surface area contributed by atoms with Crippen LogP contribution in [0.3, 0.4) is 0 Å². The Bertz CT molecular complexity index is 375. The number of primary amides is 1. The minimum atomic E-state index is -1.10. The van der Waals surface area contributed by atoms with Gasteiger partial charge in [0.1, 0.15) is 6.04 Å². The number of amides is 3. The van der Waals surface area contributed by atoms with Gasteiger partial charge in [-0.3, -0.25) is 4.79 Å². The Labute approximate surface area is 111 Å². The lowest BCUT2D eigenvalue weighted by atomic mass is 9.96. The van der Waals surface area contributed by atoms with Crippen LogP contribution in [0.4, 0.5) is 4.79 Å². The Kier molecular flexibility index (Phi) is 5.35. The van der Waals surface area contributed by atoms with Crippen LogP contribution in [0.15, 0.2) is 12.7 Å². The molecule has 0 aromatic rings. The van der Waals surface area contributed by atoms with Gasteiger partial charge in [0.05, 0.1) is 0 Å². The van der Waals surface area contributed by atoms with Crippen molar-refractivity contribution in [1.29, 1.82) is 0 Å². The number of carbonyl (C=O) groups excluding carboxylic acids is 2. The van der Waals surface area contributed by atoms with Crippen LogP contribution in [0, 0.1) is 5.92 Å². The number of nitrogens with one attached hydrogen (secondary N) is 1. The predicted octanol–water partition coefficient (Wildman–Crippen LogP) is -0.0774. The number of likely N-dealkylation sites (tertiary alicyclic amines) is 1.